The Kier molecular flexibility index (Phi) is 2.24. The molecule has 0 saturated heterocycles. The highest BCUT2D eigenvalue weighted by molar-refractivity contribution is 7.91. The van der Waals surface area contributed by atoms with E-state index < -0.39 is 9.84 Å². The van der Waals surface area contributed by atoms with Gasteiger partial charge in [-0.1, -0.05) is 6.92 Å². The quantitative estimate of drug-likeness (QED) is 0.646. The lowest BCUT2D eigenvalue weighted by Crippen LogP contribution is -2.03. The van der Waals surface area contributed by atoms with Gasteiger partial charge in [0.1, 0.15) is 11.1 Å². The van der Waals surface area contributed by atoms with E-state index in [4.69, 9.17) is 0 Å². The molecular formula is C7H7NO2S. The van der Waals surface area contributed by atoms with E-state index >= 15 is 0 Å². The zero-order chi connectivity index (χ0) is 8.32. The van der Waals surface area contributed by atoms with Crippen LogP contribution in [0.3, 0.4) is 0 Å². The lowest BCUT2D eigenvalue weighted by molar-refractivity contribution is 0.596. The Labute approximate surface area is 66.0 Å². The van der Waals surface area contributed by atoms with Crippen molar-refractivity contribution in [3.05, 3.63) is 24.5 Å². The Morgan fingerprint density at radius 1 is 1.64 bits per heavy atom. The van der Waals surface area contributed by atoms with E-state index in [1.54, 1.807) is 6.92 Å². The van der Waals surface area contributed by atoms with Crippen molar-refractivity contribution in [2.45, 2.75) is 11.8 Å². The minimum atomic E-state index is -3.17. The zero-order valence-corrected chi connectivity index (χ0v) is 6.85. The van der Waals surface area contributed by atoms with Crippen LogP contribution in [0.1, 0.15) is 6.92 Å². The summed E-state index contributed by atoms with van der Waals surface area (Å²) >= 11 is 0. The molecule has 0 atom stereocenters. The largest absolute Gasteiger partial charge is 0.253 e. The van der Waals surface area contributed by atoms with Crippen molar-refractivity contribution in [3.8, 4) is 0 Å². The average Bonchev–Trinajstić information content (AvgIpc) is 2.06. The molecule has 58 valence electrons. The third-order valence-corrected chi connectivity index (χ3v) is 2.81. The fourth-order valence-corrected chi connectivity index (χ4v) is 1.31. The molecule has 4 heteroatoms. The summed E-state index contributed by atoms with van der Waals surface area (Å²) in [4.78, 5) is 3.61. The van der Waals surface area contributed by atoms with Crippen LogP contribution in [-0.4, -0.2) is 19.2 Å². The summed E-state index contributed by atoms with van der Waals surface area (Å²) in [6, 6.07) is 4.01. The number of rotatable bonds is 2. The molecule has 3 nitrogen and oxygen atoms in total. The van der Waals surface area contributed by atoms with Gasteiger partial charge in [0, 0.05) is 12.3 Å². The lowest BCUT2D eigenvalue weighted by Gasteiger charge is -1.96. The first-order valence-electron chi connectivity index (χ1n) is 3.14. The molecule has 1 aromatic heterocycles. The van der Waals surface area contributed by atoms with Gasteiger partial charge in [-0.25, -0.2) is 8.42 Å². The van der Waals surface area contributed by atoms with Crippen molar-refractivity contribution in [1.82, 2.24) is 4.98 Å². The molecule has 0 N–H and O–H groups in total. The van der Waals surface area contributed by atoms with Crippen molar-refractivity contribution >= 4 is 9.84 Å². The monoisotopic (exact) mass is 169 g/mol. The van der Waals surface area contributed by atoms with E-state index in [9.17, 15) is 8.42 Å². The van der Waals surface area contributed by atoms with E-state index in [1.807, 2.05) is 0 Å². The van der Waals surface area contributed by atoms with Crippen LogP contribution in [0.4, 0.5) is 0 Å². The Morgan fingerprint density at radius 2 is 2.36 bits per heavy atom. The molecule has 0 bridgehead atoms. The molecular weight excluding hydrogens is 162 g/mol. The molecule has 0 unspecified atom stereocenters. The van der Waals surface area contributed by atoms with Crippen molar-refractivity contribution < 1.29 is 8.42 Å². The van der Waals surface area contributed by atoms with Gasteiger partial charge < -0.3 is 0 Å². The standard InChI is InChI=1S/C7H7NO2S/c1-2-11(9,10)7-4-3-5-8-6-7/h3,5H,2H2,1H3. The maximum atomic E-state index is 11.1. The van der Waals surface area contributed by atoms with Gasteiger partial charge in [0.05, 0.1) is 5.75 Å². The zero-order valence-electron chi connectivity index (χ0n) is 6.03. The predicted molar refractivity (Wildman–Crippen MR) is 39.6 cm³/mol. The molecule has 0 aliphatic rings. The number of hydrogen-bond acceptors (Lipinski definition) is 3. The van der Waals surface area contributed by atoms with Gasteiger partial charge in [0.25, 0.3) is 0 Å². The summed E-state index contributed by atoms with van der Waals surface area (Å²) < 4.78 is 22.2. The van der Waals surface area contributed by atoms with Crippen LogP contribution in [0.2, 0.25) is 0 Å². The molecule has 0 aromatic carbocycles. The maximum Gasteiger partial charge on any atom is 0.180 e. The highest BCUT2D eigenvalue weighted by Crippen LogP contribution is 2.05. The fourth-order valence-electron chi connectivity index (χ4n) is 0.582. The highest BCUT2D eigenvalue weighted by atomic mass is 32.2. The maximum absolute atomic E-state index is 11.1. The summed E-state index contributed by atoms with van der Waals surface area (Å²) in [5.74, 6) is 0.0612. The van der Waals surface area contributed by atoms with E-state index in [1.165, 1.54) is 12.3 Å². The number of nitrogens with zero attached hydrogens (tertiary/aromatic N) is 1. The molecule has 0 aliphatic carbocycles. The topological polar surface area (TPSA) is 47.0 Å². The van der Waals surface area contributed by atoms with Crippen LogP contribution < -0.4 is 0 Å². The second-order valence-electron chi connectivity index (χ2n) is 1.93. The number of hydrogen-bond donors (Lipinski definition) is 0. The second-order valence-corrected chi connectivity index (χ2v) is 4.15. The molecule has 0 aliphatic heterocycles. The van der Waals surface area contributed by atoms with Crippen molar-refractivity contribution in [2.75, 3.05) is 5.75 Å². The van der Waals surface area contributed by atoms with E-state index in [0.29, 0.717) is 0 Å². The van der Waals surface area contributed by atoms with Crippen LogP contribution in [-0.2, 0) is 9.84 Å². The minimum Gasteiger partial charge on any atom is -0.253 e. The van der Waals surface area contributed by atoms with Crippen molar-refractivity contribution in [1.29, 1.82) is 0 Å². The Bertz CT molecular complexity index is 318. The lowest BCUT2D eigenvalue weighted by atomic mass is 10.5. The number of pyridine rings is 1. The first kappa shape index (κ1) is 8.20. The minimum absolute atomic E-state index is 0.0440. The van der Waals surface area contributed by atoms with Gasteiger partial charge >= 0.3 is 0 Å². The molecule has 1 rings (SSSR count). The van der Waals surface area contributed by atoms with E-state index in [-0.39, 0.29) is 10.6 Å². The van der Waals surface area contributed by atoms with Crippen molar-refractivity contribution in [3.63, 3.8) is 0 Å². The Balaban J connectivity index is 3.14. The molecule has 0 amide bonds. The second kappa shape index (κ2) is 3.00. The van der Waals surface area contributed by atoms with Crippen LogP contribution in [0.25, 0.3) is 0 Å². The SMILES string of the molecule is CCS(=O)(=O)c1[c]ccn[c]1. The number of sulfone groups is 1. The van der Waals surface area contributed by atoms with Crippen LogP contribution in [0.15, 0.2) is 17.2 Å². The molecule has 0 saturated carbocycles. The molecule has 0 spiro atoms. The normalized spacial score (nSPS) is 11.4. The third kappa shape index (κ3) is 1.77. The summed E-state index contributed by atoms with van der Waals surface area (Å²) in [5, 5.41) is 0. The van der Waals surface area contributed by atoms with Gasteiger partial charge in [0.2, 0.25) is 0 Å². The van der Waals surface area contributed by atoms with Crippen LogP contribution in [0, 0.1) is 12.3 Å². The van der Waals surface area contributed by atoms with Gasteiger partial charge in [0.15, 0.2) is 9.84 Å². The first-order chi connectivity index (χ1) is 5.17. The first-order valence-corrected chi connectivity index (χ1v) is 4.79. The van der Waals surface area contributed by atoms with Crippen molar-refractivity contribution in [2.24, 2.45) is 0 Å². The Morgan fingerprint density at radius 3 is 2.82 bits per heavy atom. The van der Waals surface area contributed by atoms with Gasteiger partial charge in [-0.2, -0.15) is 0 Å². The van der Waals surface area contributed by atoms with E-state index in [2.05, 4.69) is 17.2 Å². The smallest absolute Gasteiger partial charge is 0.180 e. The summed E-state index contributed by atoms with van der Waals surface area (Å²) in [6.07, 6.45) is 3.81. The summed E-state index contributed by atoms with van der Waals surface area (Å²) in [6.45, 7) is 1.57. The average molecular weight is 169 g/mol. The highest BCUT2D eigenvalue weighted by Gasteiger charge is 2.10. The molecule has 11 heavy (non-hydrogen) atoms. The van der Waals surface area contributed by atoms with E-state index in [0.717, 1.165) is 0 Å². The molecule has 1 aromatic rings. The summed E-state index contributed by atoms with van der Waals surface area (Å²) in [5.41, 5.74) is 0. The van der Waals surface area contributed by atoms with Gasteiger partial charge in [-0.05, 0) is 6.07 Å². The molecule has 1 heterocycles. The third-order valence-electron chi connectivity index (χ3n) is 1.22. The predicted octanol–water partition coefficient (Wildman–Crippen LogP) is 0.476. The van der Waals surface area contributed by atoms with Crippen LogP contribution in [0.5, 0.6) is 0 Å². The molecule has 2 radical (unpaired) electrons. The Hall–Kier alpha value is -0.900. The fraction of sp³-hybridized carbons (Fsp3) is 0.286. The van der Waals surface area contributed by atoms with Gasteiger partial charge in [-0.3, -0.25) is 4.98 Å². The van der Waals surface area contributed by atoms with Crippen LogP contribution >= 0.6 is 0 Å². The summed E-state index contributed by atoms with van der Waals surface area (Å²) in [7, 11) is -3.17. The number of aromatic nitrogens is 1. The molecule has 0 fully saturated rings. The van der Waals surface area contributed by atoms with Gasteiger partial charge in [-0.15, -0.1) is 0 Å².